The maximum Gasteiger partial charge on any atom is 0.221 e. The summed E-state index contributed by atoms with van der Waals surface area (Å²) < 4.78 is 14.0. The van der Waals surface area contributed by atoms with Crippen LogP contribution in [0.15, 0.2) is 18.2 Å². The molecule has 0 aliphatic heterocycles. The highest BCUT2D eigenvalue weighted by Crippen LogP contribution is 2.19. The van der Waals surface area contributed by atoms with Gasteiger partial charge >= 0.3 is 0 Å². The number of nitrogens with zero attached hydrogens (tertiary/aromatic N) is 2. The summed E-state index contributed by atoms with van der Waals surface area (Å²) in [6.07, 6.45) is -1.93. The predicted molar refractivity (Wildman–Crippen MR) is 69.6 cm³/mol. The van der Waals surface area contributed by atoms with Crippen LogP contribution in [0.3, 0.4) is 0 Å². The molecule has 0 aliphatic rings. The van der Waals surface area contributed by atoms with Crippen LogP contribution >= 0.6 is 0 Å². The van der Waals surface area contributed by atoms with E-state index in [0.29, 0.717) is 6.42 Å². The van der Waals surface area contributed by atoms with E-state index in [-0.39, 0.29) is 16.7 Å². The smallest absolute Gasteiger partial charge is 0.221 e. The van der Waals surface area contributed by atoms with Crippen LogP contribution in [-0.2, 0) is 4.79 Å². The lowest BCUT2D eigenvalue weighted by Gasteiger charge is -2.12. The summed E-state index contributed by atoms with van der Waals surface area (Å²) in [5.41, 5.74) is -0.524. The third kappa shape index (κ3) is 2.89. The summed E-state index contributed by atoms with van der Waals surface area (Å²) in [5, 5.41) is 17.9. The summed E-state index contributed by atoms with van der Waals surface area (Å²) in [6, 6.07) is 7.53. The molecule has 0 N–H and O–H groups in total. The standard InChI is InChI=1S/C15H13FN2O2/c1-3-9(2)14(19)13(16)15(20)12-10(7-17)5-4-6-11(12)8-18/h4-6,9,13H,3H2,1-2H3. The van der Waals surface area contributed by atoms with Crippen molar-refractivity contribution in [2.45, 2.75) is 26.4 Å². The molecule has 102 valence electrons. The maximum atomic E-state index is 14.0. The second-order valence-corrected chi connectivity index (χ2v) is 4.39. The van der Waals surface area contributed by atoms with Crippen LogP contribution in [-0.4, -0.2) is 17.7 Å². The molecule has 2 unspecified atom stereocenters. The number of Topliss-reactive ketones (excluding diaryl/α,β-unsaturated/α-hetero) is 2. The monoisotopic (exact) mass is 272 g/mol. The van der Waals surface area contributed by atoms with Gasteiger partial charge in [0.15, 0.2) is 5.78 Å². The molecule has 5 heteroatoms. The molecular formula is C15H13FN2O2. The number of benzene rings is 1. The summed E-state index contributed by atoms with van der Waals surface area (Å²) in [6.45, 7) is 3.24. The number of ketones is 2. The van der Waals surface area contributed by atoms with Crippen molar-refractivity contribution in [1.29, 1.82) is 10.5 Å². The van der Waals surface area contributed by atoms with Gasteiger partial charge in [0.05, 0.1) is 28.8 Å². The second-order valence-electron chi connectivity index (χ2n) is 4.39. The van der Waals surface area contributed by atoms with E-state index in [9.17, 15) is 14.0 Å². The Morgan fingerprint density at radius 1 is 1.25 bits per heavy atom. The summed E-state index contributed by atoms with van der Waals surface area (Å²) >= 11 is 0. The number of hydrogen-bond acceptors (Lipinski definition) is 4. The molecule has 0 spiro atoms. The topological polar surface area (TPSA) is 81.7 Å². The molecule has 0 saturated heterocycles. The quantitative estimate of drug-likeness (QED) is 0.609. The number of hydrogen-bond donors (Lipinski definition) is 0. The van der Waals surface area contributed by atoms with Crippen molar-refractivity contribution in [1.82, 2.24) is 0 Å². The molecule has 2 atom stereocenters. The third-order valence-electron chi connectivity index (χ3n) is 3.13. The molecule has 0 heterocycles. The molecule has 0 saturated carbocycles. The average molecular weight is 272 g/mol. The van der Waals surface area contributed by atoms with E-state index >= 15 is 0 Å². The van der Waals surface area contributed by atoms with E-state index in [1.807, 2.05) is 0 Å². The number of rotatable bonds is 5. The van der Waals surface area contributed by atoms with Gasteiger partial charge in [-0.1, -0.05) is 19.9 Å². The maximum absolute atomic E-state index is 14.0. The molecule has 1 aromatic rings. The van der Waals surface area contributed by atoms with Crippen molar-refractivity contribution in [2.75, 3.05) is 0 Å². The first kappa shape index (κ1) is 15.5. The third-order valence-corrected chi connectivity index (χ3v) is 3.13. The van der Waals surface area contributed by atoms with Gasteiger partial charge in [0.2, 0.25) is 12.0 Å². The Kier molecular flexibility index (Phi) is 5.11. The molecule has 0 bridgehead atoms. The van der Waals surface area contributed by atoms with Crippen molar-refractivity contribution in [3.8, 4) is 12.1 Å². The number of nitriles is 2. The summed E-state index contributed by atoms with van der Waals surface area (Å²) in [4.78, 5) is 23.8. The zero-order chi connectivity index (χ0) is 15.3. The minimum absolute atomic E-state index is 0.103. The molecule has 20 heavy (non-hydrogen) atoms. The van der Waals surface area contributed by atoms with Crippen LogP contribution < -0.4 is 0 Å². The normalized spacial score (nSPS) is 12.8. The van der Waals surface area contributed by atoms with Crippen LogP contribution in [0.4, 0.5) is 4.39 Å². The van der Waals surface area contributed by atoms with Crippen molar-refractivity contribution in [3.05, 3.63) is 34.9 Å². The molecular weight excluding hydrogens is 259 g/mol. The van der Waals surface area contributed by atoms with E-state index < -0.39 is 23.7 Å². The highest BCUT2D eigenvalue weighted by Gasteiger charge is 2.32. The van der Waals surface area contributed by atoms with Gasteiger partial charge < -0.3 is 0 Å². The van der Waals surface area contributed by atoms with Crippen LogP contribution in [0.1, 0.15) is 41.8 Å². The van der Waals surface area contributed by atoms with Crippen LogP contribution in [0.5, 0.6) is 0 Å². The fourth-order valence-electron chi connectivity index (χ4n) is 1.71. The first-order valence-electron chi connectivity index (χ1n) is 6.13. The summed E-state index contributed by atoms with van der Waals surface area (Å²) in [7, 11) is 0. The number of carbonyl (C=O) groups is 2. The number of alkyl halides is 1. The van der Waals surface area contributed by atoms with Crippen LogP contribution in [0.2, 0.25) is 0 Å². The Morgan fingerprint density at radius 3 is 2.15 bits per heavy atom. The minimum atomic E-state index is -2.34. The summed E-state index contributed by atoms with van der Waals surface area (Å²) in [5.74, 6) is -2.54. The fraction of sp³-hybridized carbons (Fsp3) is 0.333. The zero-order valence-corrected chi connectivity index (χ0v) is 11.2. The Balaban J connectivity index is 3.26. The zero-order valence-electron chi connectivity index (χ0n) is 11.2. The van der Waals surface area contributed by atoms with Gasteiger partial charge in [0, 0.05) is 5.92 Å². The van der Waals surface area contributed by atoms with Gasteiger partial charge in [-0.05, 0) is 18.6 Å². The Hall–Kier alpha value is -2.53. The molecule has 0 fully saturated rings. The highest BCUT2D eigenvalue weighted by molar-refractivity contribution is 6.15. The predicted octanol–water partition coefficient (Wildman–Crippen LogP) is 2.57. The van der Waals surface area contributed by atoms with Crippen molar-refractivity contribution in [3.63, 3.8) is 0 Å². The van der Waals surface area contributed by atoms with Gasteiger partial charge in [0.25, 0.3) is 0 Å². The van der Waals surface area contributed by atoms with Crippen LogP contribution in [0.25, 0.3) is 0 Å². The Labute approximate surface area is 116 Å². The van der Waals surface area contributed by atoms with Gasteiger partial charge in [-0.15, -0.1) is 0 Å². The number of halogens is 1. The van der Waals surface area contributed by atoms with Gasteiger partial charge in [-0.25, -0.2) is 4.39 Å². The van der Waals surface area contributed by atoms with Gasteiger partial charge in [-0.2, -0.15) is 10.5 Å². The lowest BCUT2D eigenvalue weighted by molar-refractivity contribution is -0.125. The van der Waals surface area contributed by atoms with E-state index in [0.717, 1.165) is 0 Å². The largest absolute Gasteiger partial charge is 0.296 e. The van der Waals surface area contributed by atoms with Crippen LogP contribution in [0, 0.1) is 28.6 Å². The van der Waals surface area contributed by atoms with Crippen molar-refractivity contribution >= 4 is 11.6 Å². The Morgan fingerprint density at radius 2 is 1.75 bits per heavy atom. The fourth-order valence-corrected chi connectivity index (χ4v) is 1.71. The molecule has 0 aliphatic carbocycles. The first-order chi connectivity index (χ1) is 9.47. The minimum Gasteiger partial charge on any atom is -0.296 e. The second kappa shape index (κ2) is 6.58. The van der Waals surface area contributed by atoms with Gasteiger partial charge in [-0.3, -0.25) is 9.59 Å². The van der Waals surface area contributed by atoms with E-state index in [2.05, 4.69) is 0 Å². The first-order valence-corrected chi connectivity index (χ1v) is 6.13. The van der Waals surface area contributed by atoms with E-state index in [4.69, 9.17) is 10.5 Å². The molecule has 0 amide bonds. The average Bonchev–Trinajstić information content (AvgIpc) is 2.50. The molecule has 1 rings (SSSR count). The molecule has 0 radical (unpaired) electrons. The van der Waals surface area contributed by atoms with Crippen molar-refractivity contribution in [2.24, 2.45) is 5.92 Å². The lowest BCUT2D eigenvalue weighted by Crippen LogP contribution is -2.31. The highest BCUT2D eigenvalue weighted by atomic mass is 19.1. The van der Waals surface area contributed by atoms with E-state index in [1.165, 1.54) is 25.1 Å². The molecule has 1 aromatic carbocycles. The molecule has 0 aromatic heterocycles. The van der Waals surface area contributed by atoms with E-state index in [1.54, 1.807) is 19.1 Å². The number of carbonyl (C=O) groups excluding carboxylic acids is 2. The molecule has 4 nitrogen and oxygen atoms in total. The SMILES string of the molecule is CCC(C)C(=O)C(F)C(=O)c1c(C#N)cccc1C#N. The van der Waals surface area contributed by atoms with Gasteiger partial charge in [0.1, 0.15) is 0 Å². The Bertz CT molecular complexity index is 593. The lowest BCUT2D eigenvalue weighted by atomic mass is 9.91. The van der Waals surface area contributed by atoms with Crippen molar-refractivity contribution < 1.29 is 14.0 Å².